The molecule has 1 unspecified atom stereocenters. The molecule has 1 aromatic carbocycles. The van der Waals surface area contributed by atoms with Gasteiger partial charge in [-0.3, -0.25) is 4.90 Å². The van der Waals surface area contributed by atoms with Crippen LogP contribution in [0.2, 0.25) is 0 Å². The summed E-state index contributed by atoms with van der Waals surface area (Å²) in [5.74, 6) is 0. The van der Waals surface area contributed by atoms with Crippen LogP contribution in [-0.4, -0.2) is 41.8 Å². The Hall–Kier alpha value is -1.41. The van der Waals surface area contributed by atoms with E-state index in [1.807, 2.05) is 12.1 Å². The van der Waals surface area contributed by atoms with Crippen molar-refractivity contribution in [2.24, 2.45) is 0 Å². The maximum absolute atomic E-state index is 10.3. The first-order chi connectivity index (χ1) is 9.03. The molecule has 0 aliphatic carbocycles. The number of hydrogen-bond donors (Lipinski definition) is 1. The summed E-state index contributed by atoms with van der Waals surface area (Å²) in [6, 6.07) is 9.19. The first kappa shape index (κ1) is 14.0. The maximum atomic E-state index is 10.3. The van der Waals surface area contributed by atoms with Crippen molar-refractivity contribution in [3.8, 4) is 6.07 Å². The number of benzene rings is 1. The molecule has 0 radical (unpaired) electrons. The van der Waals surface area contributed by atoms with Gasteiger partial charge in [0.15, 0.2) is 0 Å². The van der Waals surface area contributed by atoms with Crippen LogP contribution in [0.5, 0.6) is 0 Å². The molecule has 0 aromatic heterocycles. The van der Waals surface area contributed by atoms with E-state index in [9.17, 15) is 5.11 Å². The molecule has 1 aliphatic rings. The predicted octanol–water partition coefficient (Wildman–Crippen LogP) is 1.70. The molecule has 1 aromatic rings. The zero-order valence-corrected chi connectivity index (χ0v) is 11.5. The average molecular weight is 260 g/mol. The highest BCUT2D eigenvalue weighted by atomic mass is 16.5. The van der Waals surface area contributed by atoms with E-state index in [2.05, 4.69) is 24.8 Å². The van der Waals surface area contributed by atoms with Crippen molar-refractivity contribution < 1.29 is 9.84 Å². The Morgan fingerprint density at radius 2 is 2.11 bits per heavy atom. The number of β-amino-alcohol motifs (C(OH)–C–C–N with tert-alkyl or cyclic N) is 1. The molecule has 1 aliphatic heterocycles. The summed E-state index contributed by atoms with van der Waals surface area (Å²) in [6.07, 6.45) is -0.537. The lowest BCUT2D eigenvalue weighted by atomic mass is 10.00. The van der Waals surface area contributed by atoms with Gasteiger partial charge in [0.1, 0.15) is 0 Å². The summed E-state index contributed by atoms with van der Waals surface area (Å²) in [5.41, 5.74) is 1.41. The van der Waals surface area contributed by atoms with Gasteiger partial charge in [-0.05, 0) is 31.5 Å². The van der Waals surface area contributed by atoms with Gasteiger partial charge in [0.2, 0.25) is 0 Å². The van der Waals surface area contributed by atoms with E-state index in [0.29, 0.717) is 25.3 Å². The number of nitrogens with zero attached hydrogens (tertiary/aromatic N) is 2. The molecule has 1 N–H and O–H groups in total. The molecule has 0 spiro atoms. The van der Waals surface area contributed by atoms with Gasteiger partial charge >= 0.3 is 0 Å². The van der Waals surface area contributed by atoms with Crippen LogP contribution in [-0.2, 0) is 4.74 Å². The van der Waals surface area contributed by atoms with Gasteiger partial charge < -0.3 is 9.84 Å². The minimum Gasteiger partial charge on any atom is -0.387 e. The number of ether oxygens (including phenoxy) is 1. The van der Waals surface area contributed by atoms with Gasteiger partial charge in [-0.1, -0.05) is 12.1 Å². The zero-order chi connectivity index (χ0) is 13.9. The molecule has 2 rings (SSSR count). The molecule has 1 heterocycles. The number of aliphatic hydroxyl groups excluding tert-OH is 1. The lowest BCUT2D eigenvalue weighted by molar-refractivity contribution is -0.0667. The first-order valence-corrected chi connectivity index (χ1v) is 6.54. The summed E-state index contributed by atoms with van der Waals surface area (Å²) in [5, 5.41) is 19.1. The van der Waals surface area contributed by atoms with Crippen molar-refractivity contribution >= 4 is 0 Å². The van der Waals surface area contributed by atoms with E-state index in [1.165, 1.54) is 0 Å². The molecule has 1 fully saturated rings. The third kappa shape index (κ3) is 3.32. The van der Waals surface area contributed by atoms with E-state index in [0.717, 1.165) is 12.1 Å². The van der Waals surface area contributed by atoms with E-state index < -0.39 is 6.10 Å². The Labute approximate surface area is 114 Å². The first-order valence-electron chi connectivity index (χ1n) is 6.54. The quantitative estimate of drug-likeness (QED) is 0.898. The maximum Gasteiger partial charge on any atom is 0.0991 e. The molecule has 1 saturated heterocycles. The number of aliphatic hydroxyl groups is 1. The van der Waals surface area contributed by atoms with Crippen molar-refractivity contribution in [3.05, 3.63) is 35.4 Å². The highest BCUT2D eigenvalue weighted by Gasteiger charge is 2.31. The van der Waals surface area contributed by atoms with Crippen LogP contribution in [0.15, 0.2) is 24.3 Å². The molecular weight excluding hydrogens is 240 g/mol. The van der Waals surface area contributed by atoms with E-state index >= 15 is 0 Å². The summed E-state index contributed by atoms with van der Waals surface area (Å²) in [7, 11) is 0. The summed E-state index contributed by atoms with van der Waals surface area (Å²) in [4.78, 5) is 2.25. The van der Waals surface area contributed by atoms with E-state index in [4.69, 9.17) is 10.00 Å². The Morgan fingerprint density at radius 1 is 1.42 bits per heavy atom. The van der Waals surface area contributed by atoms with Crippen molar-refractivity contribution in [3.63, 3.8) is 0 Å². The predicted molar refractivity (Wildman–Crippen MR) is 72.6 cm³/mol. The van der Waals surface area contributed by atoms with Crippen LogP contribution >= 0.6 is 0 Å². The van der Waals surface area contributed by atoms with Crippen molar-refractivity contribution in [2.75, 3.05) is 26.3 Å². The second-order valence-corrected chi connectivity index (χ2v) is 5.56. The monoisotopic (exact) mass is 260 g/mol. The summed E-state index contributed by atoms with van der Waals surface area (Å²) < 4.78 is 5.47. The van der Waals surface area contributed by atoms with Gasteiger partial charge in [0.05, 0.1) is 31.0 Å². The SMILES string of the molecule is CC1(C)COCCN1CC(O)c1ccc(C#N)cc1. The Balaban J connectivity index is 2.03. The van der Waals surface area contributed by atoms with E-state index in [1.54, 1.807) is 12.1 Å². The van der Waals surface area contributed by atoms with Crippen LogP contribution < -0.4 is 0 Å². The van der Waals surface area contributed by atoms with Gasteiger partial charge in [-0.15, -0.1) is 0 Å². The molecule has 0 saturated carbocycles. The lowest BCUT2D eigenvalue weighted by Crippen LogP contribution is -2.54. The topological polar surface area (TPSA) is 56.5 Å². The van der Waals surface area contributed by atoms with Crippen molar-refractivity contribution in [1.29, 1.82) is 5.26 Å². The fourth-order valence-electron chi connectivity index (χ4n) is 2.32. The summed E-state index contributed by atoms with van der Waals surface area (Å²) in [6.45, 7) is 7.06. The highest BCUT2D eigenvalue weighted by Crippen LogP contribution is 2.23. The van der Waals surface area contributed by atoms with Gasteiger partial charge in [0, 0.05) is 18.6 Å². The fraction of sp³-hybridized carbons (Fsp3) is 0.533. The number of nitriles is 1. The number of hydrogen-bond acceptors (Lipinski definition) is 4. The number of rotatable bonds is 3. The molecule has 4 heteroatoms. The third-order valence-electron chi connectivity index (χ3n) is 3.63. The van der Waals surface area contributed by atoms with E-state index in [-0.39, 0.29) is 5.54 Å². The Kier molecular flexibility index (Phi) is 4.20. The minimum absolute atomic E-state index is 0.0498. The van der Waals surface area contributed by atoms with Crippen molar-refractivity contribution in [2.45, 2.75) is 25.5 Å². The molecule has 4 nitrogen and oxygen atoms in total. The fourth-order valence-corrected chi connectivity index (χ4v) is 2.32. The molecule has 102 valence electrons. The van der Waals surface area contributed by atoms with Gasteiger partial charge in [-0.2, -0.15) is 5.26 Å². The summed E-state index contributed by atoms with van der Waals surface area (Å²) >= 11 is 0. The second kappa shape index (κ2) is 5.70. The van der Waals surface area contributed by atoms with Crippen LogP contribution in [0.4, 0.5) is 0 Å². The lowest BCUT2D eigenvalue weighted by Gasteiger charge is -2.43. The molecule has 0 bridgehead atoms. The molecule has 1 atom stereocenters. The smallest absolute Gasteiger partial charge is 0.0991 e. The third-order valence-corrected chi connectivity index (χ3v) is 3.63. The Bertz CT molecular complexity index is 462. The molecular formula is C15H20N2O2. The van der Waals surface area contributed by atoms with Crippen LogP contribution in [0.3, 0.4) is 0 Å². The standard InChI is InChI=1S/C15H20N2O2/c1-15(2)11-19-8-7-17(15)10-14(18)13-5-3-12(9-16)4-6-13/h3-6,14,18H,7-8,10-11H2,1-2H3. The normalized spacial score (nSPS) is 20.7. The highest BCUT2D eigenvalue weighted by molar-refractivity contribution is 5.32. The molecule has 19 heavy (non-hydrogen) atoms. The zero-order valence-electron chi connectivity index (χ0n) is 11.5. The largest absolute Gasteiger partial charge is 0.387 e. The molecule has 0 amide bonds. The van der Waals surface area contributed by atoms with Crippen LogP contribution in [0.25, 0.3) is 0 Å². The Morgan fingerprint density at radius 3 is 2.68 bits per heavy atom. The minimum atomic E-state index is -0.537. The van der Waals surface area contributed by atoms with Crippen molar-refractivity contribution in [1.82, 2.24) is 4.90 Å². The van der Waals surface area contributed by atoms with Gasteiger partial charge in [-0.25, -0.2) is 0 Å². The number of morpholine rings is 1. The van der Waals surface area contributed by atoms with Crippen LogP contribution in [0, 0.1) is 11.3 Å². The average Bonchev–Trinajstić information content (AvgIpc) is 2.41. The van der Waals surface area contributed by atoms with Crippen LogP contribution in [0.1, 0.15) is 31.1 Å². The second-order valence-electron chi connectivity index (χ2n) is 5.56. The van der Waals surface area contributed by atoms with Gasteiger partial charge in [0.25, 0.3) is 0 Å².